The molecule has 2 amide bonds. The van der Waals surface area contributed by atoms with E-state index in [-0.39, 0.29) is 19.1 Å². The summed E-state index contributed by atoms with van der Waals surface area (Å²) in [6, 6.07) is 12.4. The predicted octanol–water partition coefficient (Wildman–Crippen LogP) is 1.97. The van der Waals surface area contributed by atoms with Crippen molar-refractivity contribution < 1.29 is 23.8 Å². The van der Waals surface area contributed by atoms with Crippen molar-refractivity contribution in [1.29, 1.82) is 0 Å². The molecular weight excluding hydrogens is 362 g/mol. The van der Waals surface area contributed by atoms with Crippen LogP contribution in [0, 0.1) is 0 Å². The zero-order valence-corrected chi connectivity index (χ0v) is 15.7. The van der Waals surface area contributed by atoms with Crippen LogP contribution in [-0.2, 0) is 9.59 Å². The second kappa shape index (κ2) is 8.90. The highest BCUT2D eigenvalue weighted by Gasteiger charge is 2.26. The lowest BCUT2D eigenvalue weighted by Crippen LogP contribution is -2.44. The largest absolute Gasteiger partial charge is 0.493 e. The number of anilines is 1. The van der Waals surface area contributed by atoms with E-state index in [1.54, 1.807) is 43.5 Å². The van der Waals surface area contributed by atoms with E-state index >= 15 is 0 Å². The third-order valence-corrected chi connectivity index (χ3v) is 4.00. The van der Waals surface area contributed by atoms with Gasteiger partial charge in [-0.2, -0.15) is 5.10 Å². The van der Waals surface area contributed by atoms with Crippen LogP contribution in [0.25, 0.3) is 0 Å². The van der Waals surface area contributed by atoms with Gasteiger partial charge in [0.15, 0.2) is 18.1 Å². The van der Waals surface area contributed by atoms with E-state index in [1.165, 1.54) is 11.1 Å². The van der Waals surface area contributed by atoms with E-state index in [4.69, 9.17) is 14.2 Å². The summed E-state index contributed by atoms with van der Waals surface area (Å²) in [5, 5.41) is 3.95. The van der Waals surface area contributed by atoms with Gasteiger partial charge in [0.05, 0.1) is 25.6 Å². The van der Waals surface area contributed by atoms with E-state index < -0.39 is 5.91 Å². The number of nitrogens with one attached hydrogen (secondary N) is 1. The third kappa shape index (κ3) is 4.40. The van der Waals surface area contributed by atoms with Crippen LogP contribution < -0.4 is 24.5 Å². The molecule has 0 aromatic heterocycles. The van der Waals surface area contributed by atoms with Gasteiger partial charge in [0.25, 0.3) is 11.8 Å². The molecule has 8 nitrogen and oxygen atoms in total. The molecule has 0 aliphatic carbocycles. The van der Waals surface area contributed by atoms with Gasteiger partial charge < -0.3 is 14.2 Å². The molecule has 28 heavy (non-hydrogen) atoms. The van der Waals surface area contributed by atoms with Gasteiger partial charge >= 0.3 is 0 Å². The van der Waals surface area contributed by atoms with Crippen LogP contribution in [0.3, 0.4) is 0 Å². The fourth-order valence-electron chi connectivity index (χ4n) is 2.73. The molecule has 1 aliphatic heterocycles. The molecular formula is C20H21N3O5. The minimum atomic E-state index is -0.417. The van der Waals surface area contributed by atoms with Gasteiger partial charge in [-0.05, 0) is 42.8 Å². The average Bonchev–Trinajstić information content (AvgIpc) is 2.71. The zero-order valence-electron chi connectivity index (χ0n) is 15.7. The molecule has 1 aliphatic rings. The van der Waals surface area contributed by atoms with Crippen LogP contribution in [-0.4, -0.2) is 44.9 Å². The molecule has 0 atom stereocenters. The minimum Gasteiger partial charge on any atom is -0.493 e. The van der Waals surface area contributed by atoms with Gasteiger partial charge in [-0.3, -0.25) is 14.5 Å². The number of amides is 2. The van der Waals surface area contributed by atoms with E-state index in [9.17, 15) is 9.59 Å². The maximum Gasteiger partial charge on any atom is 0.265 e. The topological polar surface area (TPSA) is 89.5 Å². The van der Waals surface area contributed by atoms with E-state index in [2.05, 4.69) is 10.5 Å². The van der Waals surface area contributed by atoms with Crippen molar-refractivity contribution in [1.82, 2.24) is 5.43 Å². The lowest BCUT2D eigenvalue weighted by molar-refractivity contribution is -0.125. The van der Waals surface area contributed by atoms with Crippen LogP contribution in [0.15, 0.2) is 47.6 Å². The molecule has 1 N–H and O–H groups in total. The molecule has 146 valence electrons. The van der Waals surface area contributed by atoms with Gasteiger partial charge in [-0.25, -0.2) is 5.43 Å². The van der Waals surface area contributed by atoms with Gasteiger partial charge in [-0.15, -0.1) is 0 Å². The number of para-hydroxylation sites is 2. The molecule has 8 heteroatoms. The second-order valence-electron chi connectivity index (χ2n) is 5.87. The minimum absolute atomic E-state index is 0.0976. The first-order valence-corrected chi connectivity index (χ1v) is 8.77. The Morgan fingerprint density at radius 2 is 2.11 bits per heavy atom. The van der Waals surface area contributed by atoms with Gasteiger partial charge in [-0.1, -0.05) is 12.1 Å². The number of methoxy groups -OCH3 is 1. The Kier molecular flexibility index (Phi) is 6.11. The molecule has 0 bridgehead atoms. The van der Waals surface area contributed by atoms with E-state index in [0.29, 0.717) is 29.5 Å². The number of carbonyl (C=O) groups is 2. The highest BCUT2D eigenvalue weighted by atomic mass is 16.5. The monoisotopic (exact) mass is 383 g/mol. The summed E-state index contributed by atoms with van der Waals surface area (Å²) in [7, 11) is 1.57. The van der Waals surface area contributed by atoms with Crippen LogP contribution in [0.2, 0.25) is 0 Å². The number of nitrogens with zero attached hydrogens (tertiary/aromatic N) is 2. The summed E-state index contributed by atoms with van der Waals surface area (Å²) < 4.78 is 16.1. The van der Waals surface area contributed by atoms with Crippen molar-refractivity contribution in [3.05, 3.63) is 48.0 Å². The summed E-state index contributed by atoms with van der Waals surface area (Å²) >= 11 is 0. The number of hydrazone groups is 1. The first-order valence-electron chi connectivity index (χ1n) is 8.77. The maximum atomic E-state index is 12.2. The standard InChI is InChI=1S/C20H21N3O5/c1-3-27-18-10-14(8-9-17(18)26-2)11-21-22-19(24)12-23-15-6-4-5-7-16(15)28-13-20(23)25/h4-11H,3,12-13H2,1-2H3,(H,22,24)/b21-11-. The first kappa shape index (κ1) is 19.2. The Labute approximate surface area is 162 Å². The molecule has 2 aromatic rings. The Bertz CT molecular complexity index is 897. The number of hydrogen-bond acceptors (Lipinski definition) is 6. The lowest BCUT2D eigenvalue weighted by atomic mass is 10.2. The van der Waals surface area contributed by atoms with Crippen molar-refractivity contribution in [2.24, 2.45) is 5.10 Å². The third-order valence-electron chi connectivity index (χ3n) is 4.00. The number of hydrogen-bond donors (Lipinski definition) is 1. The predicted molar refractivity (Wildman–Crippen MR) is 104 cm³/mol. The smallest absolute Gasteiger partial charge is 0.265 e. The summed E-state index contributed by atoms with van der Waals surface area (Å²) in [6.07, 6.45) is 1.49. The number of rotatable bonds is 7. The number of benzene rings is 2. The van der Waals surface area contributed by atoms with Crippen molar-refractivity contribution in [2.75, 3.05) is 31.8 Å². The van der Waals surface area contributed by atoms with Crippen molar-refractivity contribution in [3.63, 3.8) is 0 Å². The van der Waals surface area contributed by atoms with Crippen LogP contribution in [0.4, 0.5) is 5.69 Å². The van der Waals surface area contributed by atoms with Crippen LogP contribution >= 0.6 is 0 Å². The molecule has 1 heterocycles. The van der Waals surface area contributed by atoms with E-state index in [1.807, 2.05) is 13.0 Å². The number of carbonyl (C=O) groups excluding carboxylic acids is 2. The summed E-state index contributed by atoms with van der Waals surface area (Å²) in [4.78, 5) is 25.7. The van der Waals surface area contributed by atoms with Gasteiger partial charge in [0.1, 0.15) is 12.3 Å². The first-order chi connectivity index (χ1) is 13.6. The summed E-state index contributed by atoms with van der Waals surface area (Å²) in [6.45, 7) is 2.14. The fraction of sp³-hybridized carbons (Fsp3) is 0.250. The van der Waals surface area contributed by atoms with Crippen molar-refractivity contribution >= 4 is 23.7 Å². The fourth-order valence-corrected chi connectivity index (χ4v) is 2.73. The number of fused-ring (bicyclic) bond motifs is 1. The molecule has 3 rings (SSSR count). The van der Waals surface area contributed by atoms with Gasteiger partial charge in [0.2, 0.25) is 0 Å². The molecule has 0 saturated heterocycles. The SMILES string of the molecule is CCOc1cc(/C=N\NC(=O)CN2C(=O)COc3ccccc32)ccc1OC. The molecule has 0 radical (unpaired) electrons. The molecule has 0 saturated carbocycles. The zero-order chi connectivity index (χ0) is 19.9. The highest BCUT2D eigenvalue weighted by molar-refractivity contribution is 6.02. The highest BCUT2D eigenvalue weighted by Crippen LogP contribution is 2.31. The van der Waals surface area contributed by atoms with Crippen LogP contribution in [0.1, 0.15) is 12.5 Å². The number of ether oxygens (including phenoxy) is 3. The quantitative estimate of drug-likeness (QED) is 0.583. The second-order valence-corrected chi connectivity index (χ2v) is 5.87. The maximum absolute atomic E-state index is 12.2. The molecule has 0 unspecified atom stereocenters. The Morgan fingerprint density at radius 3 is 2.89 bits per heavy atom. The average molecular weight is 383 g/mol. The Morgan fingerprint density at radius 1 is 1.29 bits per heavy atom. The summed E-state index contributed by atoms with van der Waals surface area (Å²) in [5.74, 6) is 1.08. The van der Waals surface area contributed by atoms with Crippen LogP contribution in [0.5, 0.6) is 17.2 Å². The van der Waals surface area contributed by atoms with Crippen molar-refractivity contribution in [3.8, 4) is 17.2 Å². The molecule has 2 aromatic carbocycles. The molecule has 0 spiro atoms. The normalized spacial score (nSPS) is 13.1. The summed E-state index contributed by atoms with van der Waals surface area (Å²) in [5.41, 5.74) is 3.73. The molecule has 0 fully saturated rings. The van der Waals surface area contributed by atoms with Gasteiger partial charge in [0, 0.05) is 0 Å². The Balaban J connectivity index is 1.63. The van der Waals surface area contributed by atoms with Crippen molar-refractivity contribution in [2.45, 2.75) is 6.92 Å². The van der Waals surface area contributed by atoms with E-state index in [0.717, 1.165) is 5.56 Å². The Hall–Kier alpha value is -3.55. The lowest BCUT2D eigenvalue weighted by Gasteiger charge is -2.28.